The Hall–Kier alpha value is -2.01. The van der Waals surface area contributed by atoms with Crippen LogP contribution in [0.4, 0.5) is 0 Å². The molecule has 0 aliphatic heterocycles. The Morgan fingerprint density at radius 1 is 1.26 bits per heavy atom. The van der Waals surface area contributed by atoms with Crippen LogP contribution in [0.3, 0.4) is 0 Å². The zero-order chi connectivity index (χ0) is 13.7. The van der Waals surface area contributed by atoms with Crippen LogP contribution in [0.1, 0.15) is 21.1 Å². The number of ketones is 1. The number of nitrogens with zero attached hydrogens (tertiary/aromatic N) is 1. The first-order chi connectivity index (χ1) is 9.15. The fourth-order valence-electron chi connectivity index (χ4n) is 1.54. The van der Waals surface area contributed by atoms with Crippen molar-refractivity contribution >= 4 is 23.1 Å². The summed E-state index contributed by atoms with van der Waals surface area (Å²) in [7, 11) is 0. The van der Waals surface area contributed by atoms with Gasteiger partial charge in [-0.15, -0.1) is 11.3 Å². The summed E-state index contributed by atoms with van der Waals surface area (Å²) in [6.45, 7) is 1.64. The number of Topliss-reactive ketones (excluding diaryl/α,β-unsaturated/α-hetero) is 1. The van der Waals surface area contributed by atoms with Crippen molar-refractivity contribution in [2.24, 2.45) is 0 Å². The highest BCUT2D eigenvalue weighted by Crippen LogP contribution is 2.09. The maximum Gasteiger partial charge on any atom is 0.312 e. The van der Waals surface area contributed by atoms with Gasteiger partial charge in [0.2, 0.25) is 0 Å². The number of thiazole rings is 1. The molecular weight excluding hydrogens is 262 g/mol. The summed E-state index contributed by atoms with van der Waals surface area (Å²) in [6, 6.07) is 8.76. The number of ether oxygens (including phenoxy) is 1. The number of rotatable bonds is 5. The van der Waals surface area contributed by atoms with E-state index in [1.165, 1.54) is 11.3 Å². The van der Waals surface area contributed by atoms with Crippen LogP contribution in [-0.4, -0.2) is 23.3 Å². The second kappa shape index (κ2) is 6.24. The lowest BCUT2D eigenvalue weighted by Gasteiger charge is -2.03. The maximum absolute atomic E-state index is 11.7. The van der Waals surface area contributed by atoms with Gasteiger partial charge in [0.25, 0.3) is 0 Å². The SMILES string of the molecule is Cc1nc(CC(=O)OCC(=O)c2ccccc2)cs1. The second-order valence-corrected chi connectivity index (χ2v) is 5.05. The largest absolute Gasteiger partial charge is 0.457 e. The topological polar surface area (TPSA) is 56.3 Å². The molecule has 19 heavy (non-hydrogen) atoms. The average Bonchev–Trinajstić information content (AvgIpc) is 2.82. The third kappa shape index (κ3) is 3.99. The molecule has 0 unspecified atom stereocenters. The van der Waals surface area contributed by atoms with Gasteiger partial charge in [0.15, 0.2) is 12.4 Å². The fourth-order valence-corrected chi connectivity index (χ4v) is 2.15. The maximum atomic E-state index is 11.7. The van der Waals surface area contributed by atoms with E-state index in [0.29, 0.717) is 11.3 Å². The minimum atomic E-state index is -0.436. The highest BCUT2D eigenvalue weighted by atomic mass is 32.1. The first kappa shape index (κ1) is 13.4. The lowest BCUT2D eigenvalue weighted by molar-refractivity contribution is -0.141. The van der Waals surface area contributed by atoms with Gasteiger partial charge in [-0.05, 0) is 6.92 Å². The second-order valence-electron chi connectivity index (χ2n) is 3.98. The summed E-state index contributed by atoms with van der Waals surface area (Å²) in [5.74, 6) is -0.641. The molecule has 0 radical (unpaired) electrons. The minimum Gasteiger partial charge on any atom is -0.457 e. The summed E-state index contributed by atoms with van der Waals surface area (Å²) in [6.07, 6.45) is 0.104. The molecule has 2 rings (SSSR count). The summed E-state index contributed by atoms with van der Waals surface area (Å²) >= 11 is 1.48. The van der Waals surface area contributed by atoms with Gasteiger partial charge in [0.05, 0.1) is 17.1 Å². The molecule has 2 aromatic rings. The number of hydrogen-bond acceptors (Lipinski definition) is 5. The smallest absolute Gasteiger partial charge is 0.312 e. The molecule has 0 saturated heterocycles. The summed E-state index contributed by atoms with van der Waals surface area (Å²) in [5.41, 5.74) is 1.22. The normalized spacial score (nSPS) is 10.2. The Morgan fingerprint density at radius 3 is 2.63 bits per heavy atom. The molecule has 0 aliphatic rings. The van der Waals surface area contributed by atoms with E-state index in [1.54, 1.807) is 24.3 Å². The minimum absolute atomic E-state index is 0.104. The summed E-state index contributed by atoms with van der Waals surface area (Å²) in [4.78, 5) is 27.4. The monoisotopic (exact) mass is 275 g/mol. The van der Waals surface area contributed by atoms with Crippen LogP contribution < -0.4 is 0 Å². The van der Waals surface area contributed by atoms with Crippen molar-refractivity contribution in [3.05, 3.63) is 52.0 Å². The predicted molar refractivity (Wildman–Crippen MR) is 72.3 cm³/mol. The van der Waals surface area contributed by atoms with E-state index >= 15 is 0 Å². The van der Waals surface area contributed by atoms with Gasteiger partial charge in [-0.2, -0.15) is 0 Å². The summed E-state index contributed by atoms with van der Waals surface area (Å²) in [5, 5.41) is 2.72. The van der Waals surface area contributed by atoms with Crippen molar-refractivity contribution in [1.82, 2.24) is 4.98 Å². The molecule has 98 valence electrons. The van der Waals surface area contributed by atoms with Crippen LogP contribution in [0.15, 0.2) is 35.7 Å². The Morgan fingerprint density at radius 2 is 2.00 bits per heavy atom. The van der Waals surface area contributed by atoms with Crippen molar-refractivity contribution < 1.29 is 14.3 Å². The molecule has 0 spiro atoms. The van der Waals surface area contributed by atoms with E-state index in [-0.39, 0.29) is 18.8 Å². The van der Waals surface area contributed by atoms with E-state index in [1.807, 2.05) is 18.4 Å². The third-order valence-electron chi connectivity index (χ3n) is 2.45. The third-order valence-corrected chi connectivity index (χ3v) is 3.27. The molecule has 4 nitrogen and oxygen atoms in total. The van der Waals surface area contributed by atoms with Crippen LogP contribution in [0.2, 0.25) is 0 Å². The number of carbonyl (C=O) groups excluding carboxylic acids is 2. The van der Waals surface area contributed by atoms with Crippen LogP contribution in [0, 0.1) is 6.92 Å². The quantitative estimate of drug-likeness (QED) is 0.621. The average molecular weight is 275 g/mol. The number of aryl methyl sites for hydroxylation is 1. The van der Waals surface area contributed by atoms with Crippen molar-refractivity contribution in [1.29, 1.82) is 0 Å². The van der Waals surface area contributed by atoms with Gasteiger partial charge in [0, 0.05) is 10.9 Å². The molecule has 0 atom stereocenters. The first-order valence-electron chi connectivity index (χ1n) is 5.80. The van der Waals surface area contributed by atoms with Crippen LogP contribution in [0.5, 0.6) is 0 Å². The van der Waals surface area contributed by atoms with E-state index < -0.39 is 5.97 Å². The predicted octanol–water partition coefficient (Wildman–Crippen LogP) is 2.42. The molecule has 1 aromatic carbocycles. The fraction of sp³-hybridized carbons (Fsp3) is 0.214. The molecule has 0 amide bonds. The molecule has 0 N–H and O–H groups in total. The van der Waals surface area contributed by atoms with Gasteiger partial charge >= 0.3 is 5.97 Å². The zero-order valence-electron chi connectivity index (χ0n) is 10.5. The number of aromatic nitrogens is 1. The molecule has 1 aromatic heterocycles. The first-order valence-corrected chi connectivity index (χ1v) is 6.68. The Bertz CT molecular complexity index is 577. The Kier molecular flexibility index (Phi) is 4.41. The van der Waals surface area contributed by atoms with Crippen molar-refractivity contribution in [2.75, 3.05) is 6.61 Å². The number of carbonyl (C=O) groups is 2. The van der Waals surface area contributed by atoms with Crippen LogP contribution >= 0.6 is 11.3 Å². The molecule has 5 heteroatoms. The van der Waals surface area contributed by atoms with Crippen LogP contribution in [-0.2, 0) is 16.0 Å². The molecule has 0 fully saturated rings. The van der Waals surface area contributed by atoms with Crippen LogP contribution in [0.25, 0.3) is 0 Å². The van der Waals surface area contributed by atoms with E-state index in [2.05, 4.69) is 4.98 Å². The molecule has 0 bridgehead atoms. The van der Waals surface area contributed by atoms with Gasteiger partial charge in [0.1, 0.15) is 0 Å². The number of benzene rings is 1. The number of hydrogen-bond donors (Lipinski definition) is 0. The lowest BCUT2D eigenvalue weighted by atomic mass is 10.1. The van der Waals surface area contributed by atoms with Gasteiger partial charge in [-0.3, -0.25) is 9.59 Å². The van der Waals surface area contributed by atoms with Gasteiger partial charge in [-0.1, -0.05) is 30.3 Å². The van der Waals surface area contributed by atoms with E-state index in [0.717, 1.165) is 5.01 Å². The zero-order valence-corrected chi connectivity index (χ0v) is 11.3. The Labute approximate surface area is 115 Å². The molecular formula is C14H13NO3S. The molecule has 0 saturated carbocycles. The van der Waals surface area contributed by atoms with Gasteiger partial charge in [-0.25, -0.2) is 4.98 Å². The van der Waals surface area contributed by atoms with Crippen molar-refractivity contribution in [3.8, 4) is 0 Å². The van der Waals surface area contributed by atoms with Crippen molar-refractivity contribution in [2.45, 2.75) is 13.3 Å². The standard InChI is InChI=1S/C14H13NO3S/c1-10-15-12(9-19-10)7-14(17)18-8-13(16)11-5-3-2-4-6-11/h2-6,9H,7-8H2,1H3. The van der Waals surface area contributed by atoms with E-state index in [9.17, 15) is 9.59 Å². The number of esters is 1. The molecule has 1 heterocycles. The highest BCUT2D eigenvalue weighted by molar-refractivity contribution is 7.09. The van der Waals surface area contributed by atoms with Crippen molar-refractivity contribution in [3.63, 3.8) is 0 Å². The van der Waals surface area contributed by atoms with E-state index in [4.69, 9.17) is 4.74 Å². The highest BCUT2D eigenvalue weighted by Gasteiger charge is 2.11. The molecule has 0 aliphatic carbocycles. The summed E-state index contributed by atoms with van der Waals surface area (Å²) < 4.78 is 4.95. The Balaban J connectivity index is 1.82. The van der Waals surface area contributed by atoms with Gasteiger partial charge < -0.3 is 4.74 Å². The lowest BCUT2D eigenvalue weighted by Crippen LogP contribution is -2.15.